The summed E-state index contributed by atoms with van der Waals surface area (Å²) in [5, 5.41) is 1.25. The second-order valence-corrected chi connectivity index (χ2v) is 3.43. The largest absolute Gasteiger partial charge is 0.464 e. The van der Waals surface area contributed by atoms with Crippen LogP contribution in [-0.2, 0) is 12.8 Å². The molecule has 12 heavy (non-hydrogen) atoms. The Morgan fingerprint density at radius 3 is 2.83 bits per heavy atom. The average molecular weight is 158 g/mol. The predicted molar refractivity (Wildman–Crippen MR) is 48.2 cm³/mol. The Kier molecular flexibility index (Phi) is 1.12. The fourth-order valence-corrected chi connectivity index (χ4v) is 2.03. The molecule has 1 heteroatoms. The van der Waals surface area contributed by atoms with Gasteiger partial charge >= 0.3 is 0 Å². The smallest absolute Gasteiger partial charge is 0.134 e. The number of aryl methyl sites for hydroxylation is 2. The Morgan fingerprint density at radius 2 is 1.92 bits per heavy atom. The van der Waals surface area contributed by atoms with Gasteiger partial charge in [0.1, 0.15) is 5.58 Å². The van der Waals surface area contributed by atoms with E-state index in [2.05, 4.69) is 12.1 Å². The quantitative estimate of drug-likeness (QED) is 0.574. The van der Waals surface area contributed by atoms with Crippen molar-refractivity contribution >= 4 is 11.0 Å². The minimum absolute atomic E-state index is 1.04. The first kappa shape index (κ1) is 6.30. The van der Waals surface area contributed by atoms with E-state index in [0.717, 1.165) is 5.58 Å². The molecule has 60 valence electrons. The highest BCUT2D eigenvalue weighted by Gasteiger charge is 2.12. The summed E-state index contributed by atoms with van der Waals surface area (Å²) in [5.74, 6) is 0. The maximum Gasteiger partial charge on any atom is 0.134 e. The van der Waals surface area contributed by atoms with Crippen LogP contribution in [0.1, 0.15) is 17.5 Å². The van der Waals surface area contributed by atoms with Crippen LogP contribution in [-0.4, -0.2) is 0 Å². The van der Waals surface area contributed by atoms with Gasteiger partial charge in [-0.05, 0) is 48.6 Å². The molecule has 1 aliphatic carbocycles. The third-order valence-corrected chi connectivity index (χ3v) is 2.67. The lowest BCUT2D eigenvalue weighted by Gasteiger charge is -1.96. The van der Waals surface area contributed by atoms with Gasteiger partial charge in [-0.25, -0.2) is 0 Å². The third kappa shape index (κ3) is 0.737. The summed E-state index contributed by atoms with van der Waals surface area (Å²) in [6.07, 6.45) is 5.55. The molecule has 1 aromatic heterocycles. The van der Waals surface area contributed by atoms with Gasteiger partial charge in [0.2, 0.25) is 0 Å². The SMILES string of the molecule is c1cc2cc3c(cc2o1)CCC3. The van der Waals surface area contributed by atoms with Crippen LogP contribution in [0.25, 0.3) is 11.0 Å². The number of hydrogen-bond donors (Lipinski definition) is 0. The van der Waals surface area contributed by atoms with Crippen molar-refractivity contribution in [3.8, 4) is 0 Å². The lowest BCUT2D eigenvalue weighted by atomic mass is 10.1. The normalized spacial score (nSPS) is 15.3. The fraction of sp³-hybridized carbons (Fsp3) is 0.273. The van der Waals surface area contributed by atoms with E-state index >= 15 is 0 Å². The summed E-state index contributed by atoms with van der Waals surface area (Å²) in [6.45, 7) is 0. The maximum atomic E-state index is 5.34. The zero-order chi connectivity index (χ0) is 7.97. The van der Waals surface area contributed by atoms with E-state index in [4.69, 9.17) is 4.42 Å². The van der Waals surface area contributed by atoms with E-state index in [1.807, 2.05) is 6.07 Å². The molecular weight excluding hydrogens is 148 g/mol. The van der Waals surface area contributed by atoms with Crippen molar-refractivity contribution in [3.63, 3.8) is 0 Å². The van der Waals surface area contributed by atoms with Crippen molar-refractivity contribution in [3.05, 3.63) is 35.6 Å². The zero-order valence-electron chi connectivity index (χ0n) is 6.84. The second kappa shape index (κ2) is 2.13. The van der Waals surface area contributed by atoms with Gasteiger partial charge < -0.3 is 4.42 Å². The molecule has 0 atom stereocenters. The molecule has 0 N–H and O–H groups in total. The Bertz CT molecular complexity index is 387. The van der Waals surface area contributed by atoms with Gasteiger partial charge in [-0.3, -0.25) is 0 Å². The monoisotopic (exact) mass is 158 g/mol. The molecule has 3 rings (SSSR count). The molecule has 1 aromatic carbocycles. The van der Waals surface area contributed by atoms with Crippen LogP contribution in [0.5, 0.6) is 0 Å². The number of benzene rings is 1. The molecule has 1 heterocycles. The maximum absolute atomic E-state index is 5.34. The zero-order valence-corrected chi connectivity index (χ0v) is 6.84. The van der Waals surface area contributed by atoms with Crippen LogP contribution in [0.3, 0.4) is 0 Å². The van der Waals surface area contributed by atoms with Gasteiger partial charge in [0, 0.05) is 5.39 Å². The molecule has 1 nitrogen and oxygen atoms in total. The highest BCUT2D eigenvalue weighted by molar-refractivity contribution is 5.79. The molecule has 0 saturated heterocycles. The third-order valence-electron chi connectivity index (χ3n) is 2.67. The molecule has 0 aliphatic heterocycles. The molecule has 0 amide bonds. The van der Waals surface area contributed by atoms with E-state index in [1.165, 1.54) is 35.8 Å². The van der Waals surface area contributed by atoms with E-state index in [1.54, 1.807) is 6.26 Å². The van der Waals surface area contributed by atoms with E-state index in [0.29, 0.717) is 0 Å². The van der Waals surface area contributed by atoms with E-state index < -0.39 is 0 Å². The van der Waals surface area contributed by atoms with Gasteiger partial charge in [-0.1, -0.05) is 0 Å². The van der Waals surface area contributed by atoms with Crippen molar-refractivity contribution in [1.29, 1.82) is 0 Å². The molecule has 0 saturated carbocycles. The Morgan fingerprint density at radius 1 is 1.08 bits per heavy atom. The van der Waals surface area contributed by atoms with Gasteiger partial charge in [-0.2, -0.15) is 0 Å². The standard InChI is InChI=1S/C11H10O/c1-2-8-6-10-4-5-12-11(10)7-9(8)3-1/h4-7H,1-3H2. The van der Waals surface area contributed by atoms with Gasteiger partial charge in [0.05, 0.1) is 6.26 Å². The molecule has 0 fully saturated rings. The van der Waals surface area contributed by atoms with E-state index in [9.17, 15) is 0 Å². The minimum Gasteiger partial charge on any atom is -0.464 e. The molecule has 0 unspecified atom stereocenters. The van der Waals surface area contributed by atoms with Crippen LogP contribution in [0, 0.1) is 0 Å². The van der Waals surface area contributed by atoms with Crippen molar-refractivity contribution in [2.75, 3.05) is 0 Å². The highest BCUT2D eigenvalue weighted by Crippen LogP contribution is 2.27. The number of hydrogen-bond acceptors (Lipinski definition) is 1. The lowest BCUT2D eigenvalue weighted by molar-refractivity contribution is 0.615. The minimum atomic E-state index is 1.04. The Labute approximate surface area is 71.0 Å². The molecule has 1 aliphatic rings. The van der Waals surface area contributed by atoms with Crippen molar-refractivity contribution in [1.82, 2.24) is 0 Å². The van der Waals surface area contributed by atoms with Gasteiger partial charge in [0.25, 0.3) is 0 Å². The average Bonchev–Trinajstić information content (AvgIpc) is 2.64. The first-order valence-electron chi connectivity index (χ1n) is 4.42. The second-order valence-electron chi connectivity index (χ2n) is 3.43. The predicted octanol–water partition coefficient (Wildman–Crippen LogP) is 2.92. The summed E-state index contributed by atoms with van der Waals surface area (Å²) >= 11 is 0. The summed E-state index contributed by atoms with van der Waals surface area (Å²) in [5.41, 5.74) is 4.04. The Balaban J connectivity index is 2.38. The van der Waals surface area contributed by atoms with E-state index in [-0.39, 0.29) is 0 Å². The summed E-state index contributed by atoms with van der Waals surface area (Å²) < 4.78 is 5.34. The van der Waals surface area contributed by atoms with Crippen molar-refractivity contribution in [2.45, 2.75) is 19.3 Å². The molecular formula is C11H10O. The number of rotatable bonds is 0. The molecule has 2 aromatic rings. The van der Waals surface area contributed by atoms with Gasteiger partial charge in [0.15, 0.2) is 0 Å². The Hall–Kier alpha value is -1.24. The topological polar surface area (TPSA) is 13.1 Å². The summed E-state index contributed by atoms with van der Waals surface area (Å²) in [4.78, 5) is 0. The van der Waals surface area contributed by atoms with Crippen LogP contribution in [0.15, 0.2) is 28.9 Å². The lowest BCUT2D eigenvalue weighted by Crippen LogP contribution is -1.79. The molecule has 0 radical (unpaired) electrons. The summed E-state index contributed by atoms with van der Waals surface area (Å²) in [7, 11) is 0. The first-order chi connectivity index (χ1) is 5.93. The van der Waals surface area contributed by atoms with Crippen LogP contribution < -0.4 is 0 Å². The molecule has 0 bridgehead atoms. The summed E-state index contributed by atoms with van der Waals surface area (Å²) in [6, 6.07) is 6.49. The fourth-order valence-electron chi connectivity index (χ4n) is 2.03. The number of fused-ring (bicyclic) bond motifs is 2. The van der Waals surface area contributed by atoms with Crippen LogP contribution >= 0.6 is 0 Å². The van der Waals surface area contributed by atoms with Gasteiger partial charge in [-0.15, -0.1) is 0 Å². The van der Waals surface area contributed by atoms with Crippen LogP contribution in [0.2, 0.25) is 0 Å². The highest BCUT2D eigenvalue weighted by atomic mass is 16.3. The molecule has 0 spiro atoms. The van der Waals surface area contributed by atoms with Crippen molar-refractivity contribution in [2.24, 2.45) is 0 Å². The van der Waals surface area contributed by atoms with Crippen molar-refractivity contribution < 1.29 is 4.42 Å². The first-order valence-corrected chi connectivity index (χ1v) is 4.42. The number of furan rings is 1. The van der Waals surface area contributed by atoms with Crippen LogP contribution in [0.4, 0.5) is 0 Å².